The summed E-state index contributed by atoms with van der Waals surface area (Å²) in [4.78, 5) is 12.2. The van der Waals surface area contributed by atoms with E-state index in [-0.39, 0.29) is 11.1 Å². The van der Waals surface area contributed by atoms with E-state index in [1.165, 1.54) is 24.3 Å². The fourth-order valence-corrected chi connectivity index (χ4v) is 2.37. The number of carbonyl (C=O) groups is 1. The largest absolute Gasteiger partial charge is 0.433 e. The fraction of sp³-hybridized carbons (Fsp3) is 0.0588. The van der Waals surface area contributed by atoms with E-state index in [1.807, 2.05) is 5.10 Å². The molecule has 0 fully saturated rings. The number of aromatic nitrogens is 2. The molecule has 4 nitrogen and oxygen atoms in total. The lowest BCUT2D eigenvalue weighted by Crippen LogP contribution is -2.15. The maximum atomic E-state index is 13.7. The predicted molar refractivity (Wildman–Crippen MR) is 83.3 cm³/mol. The van der Waals surface area contributed by atoms with Crippen molar-refractivity contribution in [2.75, 3.05) is 5.32 Å². The van der Waals surface area contributed by atoms with Crippen LogP contribution in [0, 0.1) is 11.6 Å². The maximum absolute atomic E-state index is 13.7. The molecule has 0 atom stereocenters. The summed E-state index contributed by atoms with van der Waals surface area (Å²) < 4.78 is 66.3. The lowest BCUT2D eigenvalue weighted by Gasteiger charge is -2.10. The van der Waals surface area contributed by atoms with Gasteiger partial charge in [0, 0.05) is 6.07 Å². The van der Waals surface area contributed by atoms with Crippen LogP contribution in [0.2, 0.25) is 0 Å². The highest BCUT2D eigenvalue weighted by Gasteiger charge is 2.38. The zero-order chi connectivity index (χ0) is 18.9. The summed E-state index contributed by atoms with van der Waals surface area (Å²) in [5, 5.41) is 7.48. The quantitative estimate of drug-likeness (QED) is 0.664. The van der Waals surface area contributed by atoms with Gasteiger partial charge < -0.3 is 5.32 Å². The number of anilines is 1. The predicted octanol–water partition coefficient (Wildman–Crippen LogP) is 4.63. The number of halogens is 5. The van der Waals surface area contributed by atoms with Gasteiger partial charge in [0.25, 0.3) is 5.91 Å². The number of H-pyrrole nitrogens is 1. The molecule has 2 aromatic carbocycles. The van der Waals surface area contributed by atoms with Crippen molar-refractivity contribution < 1.29 is 26.7 Å². The van der Waals surface area contributed by atoms with Crippen LogP contribution in [0.3, 0.4) is 0 Å². The standard InChI is InChI=1S/C17H10F5N3O/c18-10-6-7-11(12(19)8-10)16(26)23-15-13(9-4-2-1-3-5-9)14(24-25-15)17(20,21)22/h1-8H,(H2,23,24,25,26). The second-order valence-electron chi connectivity index (χ2n) is 5.26. The Morgan fingerprint density at radius 1 is 1.04 bits per heavy atom. The summed E-state index contributed by atoms with van der Waals surface area (Å²) in [6.07, 6.45) is -4.75. The van der Waals surface area contributed by atoms with Crippen LogP contribution in [0.25, 0.3) is 11.1 Å². The molecule has 2 N–H and O–H groups in total. The molecule has 3 rings (SSSR count). The highest BCUT2D eigenvalue weighted by molar-refractivity contribution is 6.06. The number of benzene rings is 2. The number of alkyl halides is 3. The Kier molecular flexibility index (Phi) is 4.45. The number of carbonyl (C=O) groups excluding carboxylic acids is 1. The molecule has 0 unspecified atom stereocenters. The molecule has 134 valence electrons. The number of hydrogen-bond donors (Lipinski definition) is 2. The van der Waals surface area contributed by atoms with Crippen LogP contribution in [-0.2, 0) is 6.18 Å². The van der Waals surface area contributed by atoms with E-state index < -0.39 is 40.8 Å². The summed E-state index contributed by atoms with van der Waals surface area (Å²) in [6.45, 7) is 0. The van der Waals surface area contributed by atoms with Gasteiger partial charge in [0.2, 0.25) is 0 Å². The first-order valence-electron chi connectivity index (χ1n) is 7.24. The number of nitrogens with one attached hydrogen (secondary N) is 2. The molecule has 3 aromatic rings. The Labute approximate surface area is 143 Å². The van der Waals surface area contributed by atoms with Gasteiger partial charge in [-0.3, -0.25) is 9.89 Å². The van der Waals surface area contributed by atoms with E-state index in [1.54, 1.807) is 6.07 Å². The molecule has 0 radical (unpaired) electrons. The molecular weight excluding hydrogens is 357 g/mol. The molecular formula is C17H10F5N3O. The van der Waals surface area contributed by atoms with Gasteiger partial charge in [-0.1, -0.05) is 30.3 Å². The minimum Gasteiger partial charge on any atom is -0.304 e. The minimum absolute atomic E-state index is 0.156. The molecule has 26 heavy (non-hydrogen) atoms. The number of aromatic amines is 1. The van der Waals surface area contributed by atoms with E-state index in [4.69, 9.17) is 0 Å². The third kappa shape index (κ3) is 3.41. The van der Waals surface area contributed by atoms with Crippen molar-refractivity contribution in [1.82, 2.24) is 10.2 Å². The Morgan fingerprint density at radius 2 is 1.73 bits per heavy atom. The Hall–Kier alpha value is -3.23. The lowest BCUT2D eigenvalue weighted by molar-refractivity contribution is -0.140. The third-order valence-corrected chi connectivity index (χ3v) is 3.52. The molecule has 9 heteroatoms. The van der Waals surface area contributed by atoms with Crippen molar-refractivity contribution in [3.05, 3.63) is 71.4 Å². The van der Waals surface area contributed by atoms with Gasteiger partial charge in [0.1, 0.15) is 17.3 Å². The van der Waals surface area contributed by atoms with Crippen molar-refractivity contribution in [2.24, 2.45) is 0 Å². The van der Waals surface area contributed by atoms with Gasteiger partial charge >= 0.3 is 6.18 Å². The van der Waals surface area contributed by atoms with E-state index in [2.05, 4.69) is 10.4 Å². The Morgan fingerprint density at radius 3 is 2.35 bits per heavy atom. The lowest BCUT2D eigenvalue weighted by atomic mass is 10.0. The van der Waals surface area contributed by atoms with Crippen LogP contribution >= 0.6 is 0 Å². The Bertz CT molecular complexity index is 951. The van der Waals surface area contributed by atoms with Crippen LogP contribution < -0.4 is 5.32 Å². The smallest absolute Gasteiger partial charge is 0.304 e. The van der Waals surface area contributed by atoms with E-state index in [0.717, 1.165) is 12.1 Å². The van der Waals surface area contributed by atoms with E-state index in [0.29, 0.717) is 6.07 Å². The number of amides is 1. The van der Waals surface area contributed by atoms with Gasteiger partial charge in [-0.2, -0.15) is 18.3 Å². The molecule has 0 spiro atoms. The summed E-state index contributed by atoms with van der Waals surface area (Å²) in [5.74, 6) is -3.50. The summed E-state index contributed by atoms with van der Waals surface area (Å²) in [6, 6.07) is 9.73. The molecule has 0 saturated heterocycles. The van der Waals surface area contributed by atoms with Crippen LogP contribution in [0.4, 0.5) is 27.8 Å². The van der Waals surface area contributed by atoms with E-state index >= 15 is 0 Å². The van der Waals surface area contributed by atoms with Crippen molar-refractivity contribution in [2.45, 2.75) is 6.18 Å². The Balaban J connectivity index is 2.03. The number of hydrogen-bond acceptors (Lipinski definition) is 2. The van der Waals surface area contributed by atoms with Crippen LogP contribution in [0.5, 0.6) is 0 Å². The average Bonchev–Trinajstić information content (AvgIpc) is 2.99. The highest BCUT2D eigenvalue weighted by Crippen LogP contribution is 2.39. The first kappa shape index (κ1) is 17.6. The molecule has 0 aliphatic carbocycles. The monoisotopic (exact) mass is 367 g/mol. The second-order valence-corrected chi connectivity index (χ2v) is 5.26. The molecule has 1 heterocycles. The first-order valence-corrected chi connectivity index (χ1v) is 7.24. The van der Waals surface area contributed by atoms with Gasteiger partial charge in [0.05, 0.1) is 11.1 Å². The second kappa shape index (κ2) is 6.58. The molecule has 0 bridgehead atoms. The van der Waals surface area contributed by atoms with E-state index in [9.17, 15) is 26.7 Å². The van der Waals surface area contributed by atoms with Gasteiger partial charge in [-0.15, -0.1) is 0 Å². The van der Waals surface area contributed by atoms with Gasteiger partial charge in [0.15, 0.2) is 5.82 Å². The van der Waals surface area contributed by atoms with Gasteiger partial charge in [-0.25, -0.2) is 8.78 Å². The molecule has 0 aliphatic rings. The topological polar surface area (TPSA) is 57.8 Å². The van der Waals surface area contributed by atoms with Crippen molar-refractivity contribution >= 4 is 11.7 Å². The van der Waals surface area contributed by atoms with Crippen molar-refractivity contribution in [3.63, 3.8) is 0 Å². The van der Waals surface area contributed by atoms with Crippen LogP contribution in [-0.4, -0.2) is 16.1 Å². The molecule has 0 aliphatic heterocycles. The van der Waals surface area contributed by atoms with Gasteiger partial charge in [-0.05, 0) is 17.7 Å². The number of rotatable bonds is 3. The highest BCUT2D eigenvalue weighted by atomic mass is 19.4. The van der Waals surface area contributed by atoms with Crippen LogP contribution in [0.1, 0.15) is 16.1 Å². The summed E-state index contributed by atoms with van der Waals surface area (Å²) in [7, 11) is 0. The normalized spacial score (nSPS) is 11.4. The van der Waals surface area contributed by atoms with Crippen LogP contribution in [0.15, 0.2) is 48.5 Å². The zero-order valence-electron chi connectivity index (χ0n) is 12.9. The SMILES string of the molecule is O=C(Nc1n[nH]c(C(F)(F)F)c1-c1ccccc1)c1ccc(F)cc1F. The van der Waals surface area contributed by atoms with Crippen molar-refractivity contribution in [1.29, 1.82) is 0 Å². The third-order valence-electron chi connectivity index (χ3n) is 3.52. The summed E-state index contributed by atoms with van der Waals surface area (Å²) >= 11 is 0. The number of nitrogens with zero attached hydrogens (tertiary/aromatic N) is 1. The average molecular weight is 367 g/mol. The molecule has 0 saturated carbocycles. The maximum Gasteiger partial charge on any atom is 0.433 e. The zero-order valence-corrected chi connectivity index (χ0v) is 12.9. The fourth-order valence-electron chi connectivity index (χ4n) is 2.37. The molecule has 1 aromatic heterocycles. The minimum atomic E-state index is -4.75. The molecule has 1 amide bonds. The van der Waals surface area contributed by atoms with Crippen molar-refractivity contribution in [3.8, 4) is 11.1 Å². The first-order chi connectivity index (χ1) is 12.3. The summed E-state index contributed by atoms with van der Waals surface area (Å²) in [5.41, 5.74) is -1.90.